The Hall–Kier alpha value is -3.42. The Kier molecular flexibility index (Phi) is 5.58. The van der Waals surface area contributed by atoms with Gasteiger partial charge in [-0.15, -0.1) is 10.2 Å². The molecule has 0 radical (unpaired) electrons. The van der Waals surface area contributed by atoms with Crippen LogP contribution in [-0.2, 0) is 12.7 Å². The summed E-state index contributed by atoms with van der Waals surface area (Å²) >= 11 is 0. The maximum atomic E-state index is 12.8. The molecular formula is C20H17F3N4O. The molecule has 0 unspecified atom stereocenters. The van der Waals surface area contributed by atoms with Crippen molar-refractivity contribution >= 4 is 17.4 Å². The van der Waals surface area contributed by atoms with E-state index in [0.29, 0.717) is 12.4 Å². The first-order chi connectivity index (χ1) is 13.3. The molecule has 3 aromatic rings. The number of hydrogen-bond donors (Lipinski definition) is 1. The Morgan fingerprint density at radius 3 is 2.39 bits per heavy atom. The fourth-order valence-electron chi connectivity index (χ4n) is 2.56. The van der Waals surface area contributed by atoms with Crippen LogP contribution in [0.5, 0.6) is 0 Å². The van der Waals surface area contributed by atoms with E-state index in [1.807, 2.05) is 42.3 Å². The van der Waals surface area contributed by atoms with Gasteiger partial charge in [-0.2, -0.15) is 13.2 Å². The number of benzene rings is 2. The van der Waals surface area contributed by atoms with E-state index in [0.717, 1.165) is 17.7 Å². The molecule has 0 aliphatic carbocycles. The number of hydrogen-bond acceptors (Lipinski definition) is 4. The van der Waals surface area contributed by atoms with Crippen LogP contribution in [0.25, 0.3) is 0 Å². The average molecular weight is 386 g/mol. The Balaban J connectivity index is 1.67. The van der Waals surface area contributed by atoms with E-state index in [2.05, 4.69) is 15.5 Å². The molecule has 0 saturated heterocycles. The fraction of sp³-hybridized carbons (Fsp3) is 0.150. The first-order valence-electron chi connectivity index (χ1n) is 8.40. The first kappa shape index (κ1) is 19.3. The van der Waals surface area contributed by atoms with Crippen molar-refractivity contribution in [3.8, 4) is 0 Å². The molecule has 0 aliphatic rings. The van der Waals surface area contributed by atoms with Crippen LogP contribution in [0.1, 0.15) is 21.6 Å². The van der Waals surface area contributed by atoms with Crippen LogP contribution in [0.2, 0.25) is 0 Å². The molecule has 0 atom stereocenters. The zero-order valence-corrected chi connectivity index (χ0v) is 14.9. The van der Waals surface area contributed by atoms with Gasteiger partial charge in [0.1, 0.15) is 0 Å². The first-order valence-corrected chi connectivity index (χ1v) is 8.40. The predicted molar refractivity (Wildman–Crippen MR) is 100.0 cm³/mol. The van der Waals surface area contributed by atoms with Gasteiger partial charge in [-0.25, -0.2) is 0 Å². The minimum Gasteiger partial charge on any atom is -0.354 e. The number of carbonyl (C=O) groups excluding carboxylic acids is 1. The second-order valence-corrected chi connectivity index (χ2v) is 6.15. The zero-order valence-electron chi connectivity index (χ0n) is 14.9. The standard InChI is InChI=1S/C20H17F3N4O/c1-27(13-14-6-3-2-4-7-14)18-11-10-17(25-26-18)19(28)24-16-9-5-8-15(12-16)20(21,22)23/h2-12H,13H2,1H3,(H,24,28). The summed E-state index contributed by atoms with van der Waals surface area (Å²) in [5.74, 6) is -0.0661. The Bertz CT molecular complexity index is 944. The van der Waals surface area contributed by atoms with E-state index in [1.54, 1.807) is 6.07 Å². The van der Waals surface area contributed by atoms with Gasteiger partial charge in [-0.1, -0.05) is 36.4 Å². The van der Waals surface area contributed by atoms with E-state index in [1.165, 1.54) is 18.2 Å². The van der Waals surface area contributed by atoms with Gasteiger partial charge in [0.25, 0.3) is 5.91 Å². The van der Waals surface area contributed by atoms with Crippen LogP contribution < -0.4 is 10.2 Å². The van der Waals surface area contributed by atoms with E-state index in [-0.39, 0.29) is 11.4 Å². The summed E-state index contributed by atoms with van der Waals surface area (Å²) in [6.45, 7) is 0.616. The number of alkyl halides is 3. The lowest BCUT2D eigenvalue weighted by molar-refractivity contribution is -0.137. The van der Waals surface area contributed by atoms with Crippen LogP contribution in [-0.4, -0.2) is 23.2 Å². The van der Waals surface area contributed by atoms with Gasteiger partial charge in [0, 0.05) is 19.3 Å². The molecule has 144 valence electrons. The molecule has 0 spiro atoms. The monoisotopic (exact) mass is 386 g/mol. The molecule has 1 amide bonds. The van der Waals surface area contributed by atoms with Crippen LogP contribution in [0, 0.1) is 0 Å². The van der Waals surface area contributed by atoms with Crippen molar-refractivity contribution in [2.45, 2.75) is 12.7 Å². The quantitative estimate of drug-likeness (QED) is 0.707. The number of rotatable bonds is 5. The van der Waals surface area contributed by atoms with Gasteiger partial charge in [-0.05, 0) is 35.9 Å². The average Bonchev–Trinajstić information content (AvgIpc) is 2.68. The van der Waals surface area contributed by atoms with Gasteiger partial charge in [0.2, 0.25) is 0 Å². The van der Waals surface area contributed by atoms with Crippen molar-refractivity contribution in [3.63, 3.8) is 0 Å². The zero-order chi connectivity index (χ0) is 20.1. The van der Waals surface area contributed by atoms with Gasteiger partial charge in [0.15, 0.2) is 11.5 Å². The highest BCUT2D eigenvalue weighted by atomic mass is 19.4. The summed E-state index contributed by atoms with van der Waals surface area (Å²) < 4.78 is 38.3. The molecule has 0 aliphatic heterocycles. The molecule has 2 aromatic carbocycles. The second-order valence-electron chi connectivity index (χ2n) is 6.15. The minimum atomic E-state index is -4.48. The summed E-state index contributed by atoms with van der Waals surface area (Å²) in [6, 6.07) is 17.3. The van der Waals surface area contributed by atoms with Gasteiger partial charge in [-0.3, -0.25) is 4.79 Å². The van der Waals surface area contributed by atoms with Crippen molar-refractivity contribution in [1.29, 1.82) is 0 Å². The molecule has 28 heavy (non-hydrogen) atoms. The third-order valence-electron chi connectivity index (χ3n) is 3.98. The lowest BCUT2D eigenvalue weighted by Gasteiger charge is -2.17. The number of nitrogens with one attached hydrogen (secondary N) is 1. The molecular weight excluding hydrogens is 369 g/mol. The smallest absolute Gasteiger partial charge is 0.354 e. The van der Waals surface area contributed by atoms with Gasteiger partial charge in [0.05, 0.1) is 5.56 Å². The van der Waals surface area contributed by atoms with Crippen LogP contribution in [0.15, 0.2) is 66.7 Å². The number of aromatic nitrogens is 2. The van der Waals surface area contributed by atoms with E-state index >= 15 is 0 Å². The maximum Gasteiger partial charge on any atom is 0.416 e. The van der Waals surface area contributed by atoms with Crippen molar-refractivity contribution in [2.75, 3.05) is 17.3 Å². The molecule has 8 heteroatoms. The van der Waals surface area contributed by atoms with Crippen molar-refractivity contribution < 1.29 is 18.0 Å². The van der Waals surface area contributed by atoms with Crippen LogP contribution in [0.3, 0.4) is 0 Å². The van der Waals surface area contributed by atoms with Crippen LogP contribution in [0.4, 0.5) is 24.7 Å². The van der Waals surface area contributed by atoms with E-state index in [4.69, 9.17) is 0 Å². The second kappa shape index (κ2) is 8.08. The summed E-state index contributed by atoms with van der Waals surface area (Å²) in [5.41, 5.74) is 0.300. The van der Waals surface area contributed by atoms with Crippen LogP contribution >= 0.6 is 0 Å². The molecule has 3 rings (SSSR count). The lowest BCUT2D eigenvalue weighted by Crippen LogP contribution is -2.20. The molecule has 0 fully saturated rings. The third kappa shape index (κ3) is 4.85. The number of halogens is 3. The van der Waals surface area contributed by atoms with Crippen molar-refractivity contribution in [2.24, 2.45) is 0 Å². The predicted octanol–water partition coefficient (Wildman–Crippen LogP) is 4.38. The third-order valence-corrected chi connectivity index (χ3v) is 3.98. The normalized spacial score (nSPS) is 11.1. The van der Waals surface area contributed by atoms with E-state index < -0.39 is 17.6 Å². The Labute approximate surface area is 159 Å². The van der Waals surface area contributed by atoms with Gasteiger partial charge >= 0.3 is 6.18 Å². The fourth-order valence-corrected chi connectivity index (χ4v) is 2.56. The minimum absolute atomic E-state index is 0.00859. The van der Waals surface area contributed by atoms with Crippen molar-refractivity contribution in [3.05, 3.63) is 83.6 Å². The largest absolute Gasteiger partial charge is 0.416 e. The molecule has 0 bridgehead atoms. The number of carbonyl (C=O) groups is 1. The summed E-state index contributed by atoms with van der Waals surface area (Å²) in [5, 5.41) is 10.3. The molecule has 1 heterocycles. The molecule has 5 nitrogen and oxygen atoms in total. The van der Waals surface area contributed by atoms with E-state index in [9.17, 15) is 18.0 Å². The highest BCUT2D eigenvalue weighted by molar-refractivity contribution is 6.02. The number of anilines is 2. The summed E-state index contributed by atoms with van der Waals surface area (Å²) in [6.07, 6.45) is -4.48. The molecule has 1 aromatic heterocycles. The molecule has 1 N–H and O–H groups in total. The summed E-state index contributed by atoms with van der Waals surface area (Å²) in [4.78, 5) is 14.1. The molecule has 0 saturated carbocycles. The highest BCUT2D eigenvalue weighted by Gasteiger charge is 2.30. The summed E-state index contributed by atoms with van der Waals surface area (Å²) in [7, 11) is 1.85. The number of nitrogens with zero attached hydrogens (tertiary/aromatic N) is 3. The number of amides is 1. The Morgan fingerprint density at radius 2 is 1.75 bits per heavy atom. The highest BCUT2D eigenvalue weighted by Crippen LogP contribution is 2.30. The van der Waals surface area contributed by atoms with Gasteiger partial charge < -0.3 is 10.2 Å². The maximum absolute atomic E-state index is 12.8. The topological polar surface area (TPSA) is 58.1 Å². The lowest BCUT2D eigenvalue weighted by atomic mass is 10.2. The van der Waals surface area contributed by atoms with Crippen molar-refractivity contribution in [1.82, 2.24) is 10.2 Å². The SMILES string of the molecule is CN(Cc1ccccc1)c1ccc(C(=O)Nc2cccc(C(F)(F)F)c2)nn1. The Morgan fingerprint density at radius 1 is 1.00 bits per heavy atom.